The second-order valence-electron chi connectivity index (χ2n) is 6.35. The number of hydrogen-bond acceptors (Lipinski definition) is 4. The molecule has 0 aliphatic rings. The third-order valence-corrected chi connectivity index (χ3v) is 4.18. The average molecular weight is 337 g/mol. The van der Waals surface area contributed by atoms with E-state index in [2.05, 4.69) is 29.6 Å². The van der Waals surface area contributed by atoms with Crippen molar-refractivity contribution in [2.45, 2.75) is 52.6 Å². The first kappa shape index (κ1) is 20.2. The van der Waals surface area contributed by atoms with Gasteiger partial charge in [-0.3, -0.25) is 14.3 Å². The van der Waals surface area contributed by atoms with Crippen LogP contribution in [0.1, 0.15) is 55.7 Å². The average Bonchev–Trinajstić information content (AvgIpc) is 2.90. The van der Waals surface area contributed by atoms with E-state index in [4.69, 9.17) is 0 Å². The Balaban J connectivity index is 2.66. The second-order valence-corrected chi connectivity index (χ2v) is 6.35. The standard InChI is InChI=1S/C17H31N5O2/c1-7-14(8-2)22-13(4)15(11-19-22)17(24)20-12(3)16(23)18-9-10-21(5)6/h11-12,14H,7-10H2,1-6H3,(H,18,23)(H,20,24)/t12-/m0/s1. The Morgan fingerprint density at radius 1 is 1.29 bits per heavy atom. The first-order valence-electron chi connectivity index (χ1n) is 8.59. The van der Waals surface area contributed by atoms with Gasteiger partial charge < -0.3 is 15.5 Å². The molecule has 0 bridgehead atoms. The first-order chi connectivity index (χ1) is 11.3. The molecule has 1 atom stereocenters. The topological polar surface area (TPSA) is 79.3 Å². The van der Waals surface area contributed by atoms with Crippen molar-refractivity contribution in [2.75, 3.05) is 27.2 Å². The zero-order chi connectivity index (χ0) is 18.3. The molecule has 2 amide bonds. The van der Waals surface area contributed by atoms with Crippen molar-refractivity contribution in [3.8, 4) is 0 Å². The van der Waals surface area contributed by atoms with Crippen molar-refractivity contribution in [3.05, 3.63) is 17.5 Å². The number of carbonyl (C=O) groups is 2. The van der Waals surface area contributed by atoms with E-state index in [0.717, 1.165) is 25.1 Å². The number of nitrogens with one attached hydrogen (secondary N) is 2. The fourth-order valence-corrected chi connectivity index (χ4v) is 2.54. The Morgan fingerprint density at radius 2 is 1.92 bits per heavy atom. The lowest BCUT2D eigenvalue weighted by Gasteiger charge is -2.17. The normalized spacial score (nSPS) is 12.5. The zero-order valence-corrected chi connectivity index (χ0v) is 15.7. The molecule has 24 heavy (non-hydrogen) atoms. The molecule has 0 aromatic carbocycles. The van der Waals surface area contributed by atoms with Gasteiger partial charge in [0, 0.05) is 18.8 Å². The number of hydrogen-bond donors (Lipinski definition) is 2. The Bertz CT molecular complexity index is 549. The molecule has 7 heteroatoms. The van der Waals surface area contributed by atoms with E-state index in [9.17, 15) is 9.59 Å². The fraction of sp³-hybridized carbons (Fsp3) is 0.706. The van der Waals surface area contributed by atoms with Gasteiger partial charge in [-0.25, -0.2) is 0 Å². The maximum absolute atomic E-state index is 12.4. The summed E-state index contributed by atoms with van der Waals surface area (Å²) in [7, 11) is 3.88. The quantitative estimate of drug-likeness (QED) is 0.713. The first-order valence-corrected chi connectivity index (χ1v) is 8.59. The molecule has 0 aliphatic heterocycles. The van der Waals surface area contributed by atoms with Crippen LogP contribution in [0.5, 0.6) is 0 Å². The molecule has 136 valence electrons. The lowest BCUT2D eigenvalue weighted by Crippen LogP contribution is -2.46. The molecule has 7 nitrogen and oxygen atoms in total. The number of amides is 2. The summed E-state index contributed by atoms with van der Waals surface area (Å²) in [6, 6.07) is -0.297. The van der Waals surface area contributed by atoms with Gasteiger partial charge in [-0.1, -0.05) is 13.8 Å². The van der Waals surface area contributed by atoms with Crippen LogP contribution in [0.4, 0.5) is 0 Å². The Hall–Kier alpha value is -1.89. The molecular weight excluding hydrogens is 306 g/mol. The number of nitrogens with zero attached hydrogens (tertiary/aromatic N) is 3. The summed E-state index contributed by atoms with van der Waals surface area (Å²) in [5.74, 6) is -0.449. The lowest BCUT2D eigenvalue weighted by atomic mass is 10.1. The number of likely N-dealkylation sites (N-methyl/N-ethyl adjacent to an activating group) is 1. The van der Waals surface area contributed by atoms with Gasteiger partial charge in [0.15, 0.2) is 0 Å². The molecule has 0 fully saturated rings. The summed E-state index contributed by atoms with van der Waals surface area (Å²) in [6.07, 6.45) is 3.51. The van der Waals surface area contributed by atoms with E-state index >= 15 is 0 Å². The van der Waals surface area contributed by atoms with Crippen LogP contribution in [0, 0.1) is 6.92 Å². The highest BCUT2D eigenvalue weighted by Gasteiger charge is 2.21. The van der Waals surface area contributed by atoms with Crippen LogP contribution in [-0.2, 0) is 4.79 Å². The van der Waals surface area contributed by atoms with Crippen molar-refractivity contribution in [2.24, 2.45) is 0 Å². The minimum Gasteiger partial charge on any atom is -0.353 e. The summed E-state index contributed by atoms with van der Waals surface area (Å²) < 4.78 is 1.90. The van der Waals surface area contributed by atoms with Crippen LogP contribution < -0.4 is 10.6 Å². The van der Waals surface area contributed by atoms with E-state index in [1.54, 1.807) is 13.1 Å². The van der Waals surface area contributed by atoms with Crippen molar-refractivity contribution in [1.29, 1.82) is 0 Å². The molecule has 0 spiro atoms. The maximum atomic E-state index is 12.4. The van der Waals surface area contributed by atoms with E-state index in [1.165, 1.54) is 0 Å². The van der Waals surface area contributed by atoms with Crippen LogP contribution in [0.25, 0.3) is 0 Å². The van der Waals surface area contributed by atoms with Gasteiger partial charge in [-0.15, -0.1) is 0 Å². The molecule has 1 aromatic rings. The predicted octanol–water partition coefficient (Wildman–Crippen LogP) is 1.35. The van der Waals surface area contributed by atoms with Crippen molar-refractivity contribution >= 4 is 11.8 Å². The highest BCUT2D eigenvalue weighted by Crippen LogP contribution is 2.19. The molecule has 1 rings (SSSR count). The van der Waals surface area contributed by atoms with E-state index < -0.39 is 6.04 Å². The smallest absolute Gasteiger partial charge is 0.255 e. The number of rotatable bonds is 9. The van der Waals surface area contributed by atoms with Crippen LogP contribution >= 0.6 is 0 Å². The van der Waals surface area contributed by atoms with Crippen LogP contribution in [-0.4, -0.2) is 59.7 Å². The maximum Gasteiger partial charge on any atom is 0.255 e. The Kier molecular flexibility index (Phi) is 7.91. The number of carbonyl (C=O) groups excluding carboxylic acids is 2. The van der Waals surface area contributed by atoms with Gasteiger partial charge in [0.05, 0.1) is 17.8 Å². The third kappa shape index (κ3) is 5.33. The molecule has 0 unspecified atom stereocenters. The van der Waals surface area contributed by atoms with Gasteiger partial charge in [0.1, 0.15) is 6.04 Å². The molecule has 1 heterocycles. The summed E-state index contributed by atoms with van der Waals surface area (Å²) in [6.45, 7) is 9.10. The summed E-state index contributed by atoms with van der Waals surface area (Å²) in [4.78, 5) is 26.4. The fourth-order valence-electron chi connectivity index (χ4n) is 2.54. The SMILES string of the molecule is CCC(CC)n1ncc(C(=O)N[C@@H](C)C(=O)NCCN(C)C)c1C. The minimum absolute atomic E-state index is 0.185. The van der Waals surface area contributed by atoms with E-state index in [0.29, 0.717) is 18.2 Å². The van der Waals surface area contributed by atoms with Crippen LogP contribution in [0.2, 0.25) is 0 Å². The van der Waals surface area contributed by atoms with Gasteiger partial charge in [-0.2, -0.15) is 5.10 Å². The van der Waals surface area contributed by atoms with Gasteiger partial charge in [0.2, 0.25) is 5.91 Å². The zero-order valence-electron chi connectivity index (χ0n) is 15.7. The lowest BCUT2D eigenvalue weighted by molar-refractivity contribution is -0.122. The molecular formula is C17H31N5O2. The monoisotopic (exact) mass is 337 g/mol. The predicted molar refractivity (Wildman–Crippen MR) is 95.1 cm³/mol. The van der Waals surface area contributed by atoms with Gasteiger partial charge >= 0.3 is 0 Å². The van der Waals surface area contributed by atoms with Crippen molar-refractivity contribution < 1.29 is 9.59 Å². The van der Waals surface area contributed by atoms with Gasteiger partial charge in [0.25, 0.3) is 5.91 Å². The minimum atomic E-state index is -0.587. The van der Waals surface area contributed by atoms with Crippen molar-refractivity contribution in [3.63, 3.8) is 0 Å². The Morgan fingerprint density at radius 3 is 2.46 bits per heavy atom. The van der Waals surface area contributed by atoms with Crippen LogP contribution in [0.3, 0.4) is 0 Å². The second kappa shape index (κ2) is 9.42. The molecule has 0 saturated carbocycles. The molecule has 0 aliphatic carbocycles. The summed E-state index contributed by atoms with van der Waals surface area (Å²) in [5.41, 5.74) is 1.36. The highest BCUT2D eigenvalue weighted by molar-refractivity contribution is 5.98. The summed E-state index contributed by atoms with van der Waals surface area (Å²) in [5, 5.41) is 9.91. The van der Waals surface area contributed by atoms with Gasteiger partial charge in [-0.05, 0) is 40.8 Å². The Labute approximate surface area is 144 Å². The summed E-state index contributed by atoms with van der Waals surface area (Å²) >= 11 is 0. The van der Waals surface area contributed by atoms with Crippen LogP contribution in [0.15, 0.2) is 6.20 Å². The third-order valence-electron chi connectivity index (χ3n) is 4.18. The number of aromatic nitrogens is 2. The highest BCUT2D eigenvalue weighted by atomic mass is 16.2. The molecule has 2 N–H and O–H groups in total. The molecule has 0 radical (unpaired) electrons. The largest absolute Gasteiger partial charge is 0.353 e. The van der Waals surface area contributed by atoms with E-state index in [-0.39, 0.29) is 11.8 Å². The molecule has 0 saturated heterocycles. The van der Waals surface area contributed by atoms with E-state index in [1.807, 2.05) is 30.6 Å². The van der Waals surface area contributed by atoms with Crippen molar-refractivity contribution in [1.82, 2.24) is 25.3 Å². The molecule has 1 aromatic heterocycles.